The van der Waals surface area contributed by atoms with Crippen LogP contribution in [0.5, 0.6) is 11.5 Å². The molecule has 19 heavy (non-hydrogen) atoms. The van der Waals surface area contributed by atoms with Gasteiger partial charge in [-0.15, -0.1) is 13.2 Å². The van der Waals surface area contributed by atoms with Gasteiger partial charge in [-0.25, -0.2) is 0 Å². The summed E-state index contributed by atoms with van der Waals surface area (Å²) in [5.74, 6) is -1.83. The van der Waals surface area contributed by atoms with Crippen LogP contribution in [0.3, 0.4) is 0 Å². The molecule has 0 spiro atoms. The van der Waals surface area contributed by atoms with Crippen LogP contribution in [0.15, 0.2) is 12.1 Å². The van der Waals surface area contributed by atoms with Crippen LogP contribution in [0.4, 0.5) is 22.0 Å². The number of aldehydes is 2. The molecule has 0 heterocycles. The molecule has 4 nitrogen and oxygen atoms in total. The van der Waals surface area contributed by atoms with E-state index in [-0.39, 0.29) is 12.6 Å². The zero-order valence-electron chi connectivity index (χ0n) is 8.91. The topological polar surface area (TPSA) is 52.6 Å². The van der Waals surface area contributed by atoms with Crippen molar-refractivity contribution in [2.75, 3.05) is 0 Å². The molecule has 0 aliphatic carbocycles. The number of halogens is 5. The molecule has 0 saturated carbocycles. The first-order chi connectivity index (χ1) is 8.76. The molecule has 0 aliphatic heterocycles. The third-order valence-corrected chi connectivity index (χ3v) is 1.84. The number of carbonyl (C=O) groups excluding carboxylic acids is 2. The van der Waals surface area contributed by atoms with Gasteiger partial charge in [0.1, 0.15) is 11.5 Å². The van der Waals surface area contributed by atoms with Gasteiger partial charge in [0.15, 0.2) is 12.6 Å². The maximum absolute atomic E-state index is 12.1. The third-order valence-electron chi connectivity index (χ3n) is 1.84. The minimum Gasteiger partial charge on any atom is -0.434 e. The zero-order valence-corrected chi connectivity index (χ0v) is 8.91. The Morgan fingerprint density at radius 2 is 1.74 bits per heavy atom. The average Bonchev–Trinajstić information content (AvgIpc) is 2.25. The van der Waals surface area contributed by atoms with Crippen molar-refractivity contribution in [3.05, 3.63) is 23.3 Å². The predicted octanol–water partition coefficient (Wildman–Crippen LogP) is 2.81. The molecule has 0 aromatic heterocycles. The van der Waals surface area contributed by atoms with Crippen molar-refractivity contribution in [1.29, 1.82) is 0 Å². The van der Waals surface area contributed by atoms with Crippen molar-refractivity contribution in [3.63, 3.8) is 0 Å². The molecule has 9 heteroatoms. The maximum Gasteiger partial charge on any atom is 0.573 e. The van der Waals surface area contributed by atoms with E-state index < -0.39 is 35.6 Å². The van der Waals surface area contributed by atoms with E-state index >= 15 is 0 Å². The smallest absolute Gasteiger partial charge is 0.434 e. The molecular weight excluding hydrogens is 279 g/mol. The summed E-state index contributed by atoms with van der Waals surface area (Å²) in [6.07, 6.45) is -5.05. The minimum absolute atomic E-state index is 0.0127. The van der Waals surface area contributed by atoms with Crippen LogP contribution < -0.4 is 9.47 Å². The fourth-order valence-corrected chi connectivity index (χ4v) is 1.23. The van der Waals surface area contributed by atoms with Crippen molar-refractivity contribution >= 4 is 12.6 Å². The van der Waals surface area contributed by atoms with Gasteiger partial charge >= 0.3 is 13.0 Å². The molecule has 1 aromatic rings. The summed E-state index contributed by atoms with van der Waals surface area (Å²) in [5.41, 5.74) is -1.16. The van der Waals surface area contributed by atoms with Gasteiger partial charge in [-0.2, -0.15) is 8.78 Å². The van der Waals surface area contributed by atoms with Gasteiger partial charge in [-0.1, -0.05) is 0 Å². The number of hydrogen-bond donors (Lipinski definition) is 0. The Kier molecular flexibility index (Phi) is 4.41. The second-order valence-electron chi connectivity index (χ2n) is 3.09. The first kappa shape index (κ1) is 14.9. The lowest BCUT2D eigenvalue weighted by Crippen LogP contribution is -2.17. The quantitative estimate of drug-likeness (QED) is 0.616. The predicted molar refractivity (Wildman–Crippen MR) is 50.5 cm³/mol. The molecule has 1 aromatic carbocycles. The first-order valence-electron chi connectivity index (χ1n) is 4.55. The maximum atomic E-state index is 12.1. The van der Waals surface area contributed by atoms with Crippen LogP contribution in [0, 0.1) is 0 Å². The van der Waals surface area contributed by atoms with Gasteiger partial charge in [-0.05, 0) is 6.07 Å². The van der Waals surface area contributed by atoms with E-state index in [1.807, 2.05) is 0 Å². The Hall–Kier alpha value is -2.19. The van der Waals surface area contributed by atoms with Crippen molar-refractivity contribution < 1.29 is 41.0 Å². The first-order valence-corrected chi connectivity index (χ1v) is 4.55. The Balaban J connectivity index is 3.29. The van der Waals surface area contributed by atoms with Crippen molar-refractivity contribution in [3.8, 4) is 11.5 Å². The summed E-state index contributed by atoms with van der Waals surface area (Å²) in [6, 6.07) is 1.03. The molecule has 0 amide bonds. The molecule has 0 N–H and O–H groups in total. The number of benzene rings is 1. The third kappa shape index (κ3) is 4.19. The molecule has 0 radical (unpaired) electrons. The molecule has 0 unspecified atom stereocenters. The van der Waals surface area contributed by atoms with Gasteiger partial charge in [-0.3, -0.25) is 9.59 Å². The lowest BCUT2D eigenvalue weighted by Gasteiger charge is -2.13. The highest BCUT2D eigenvalue weighted by molar-refractivity contribution is 5.93. The second-order valence-corrected chi connectivity index (χ2v) is 3.09. The fraction of sp³-hybridized carbons (Fsp3) is 0.200. The van der Waals surface area contributed by atoms with Gasteiger partial charge < -0.3 is 9.47 Å². The Morgan fingerprint density at radius 3 is 2.16 bits per heavy atom. The minimum atomic E-state index is -5.08. The van der Waals surface area contributed by atoms with Gasteiger partial charge in [0.2, 0.25) is 0 Å². The Labute approximate surface area is 102 Å². The SMILES string of the molecule is O=Cc1cc(OC(F)(F)F)cc(OC(F)F)c1C=O. The molecule has 104 valence electrons. The number of alkyl halides is 5. The average molecular weight is 284 g/mol. The number of carbonyl (C=O) groups is 2. The van der Waals surface area contributed by atoms with Gasteiger partial charge in [0.05, 0.1) is 5.56 Å². The van der Waals surface area contributed by atoms with E-state index in [1.165, 1.54) is 0 Å². The van der Waals surface area contributed by atoms with Crippen molar-refractivity contribution in [1.82, 2.24) is 0 Å². The molecule has 0 saturated heterocycles. The molecular formula is C10H5F5O4. The Morgan fingerprint density at radius 1 is 1.11 bits per heavy atom. The van der Waals surface area contributed by atoms with Crippen molar-refractivity contribution in [2.24, 2.45) is 0 Å². The largest absolute Gasteiger partial charge is 0.573 e. The molecule has 0 bridgehead atoms. The molecule has 0 atom stereocenters. The summed E-state index contributed by atoms with van der Waals surface area (Å²) in [4.78, 5) is 21.2. The van der Waals surface area contributed by atoms with Crippen LogP contribution in [0.2, 0.25) is 0 Å². The normalized spacial score (nSPS) is 11.3. The summed E-state index contributed by atoms with van der Waals surface area (Å²) in [7, 11) is 0. The molecule has 0 aliphatic rings. The van der Waals surface area contributed by atoms with E-state index in [0.717, 1.165) is 0 Å². The summed E-state index contributed by atoms with van der Waals surface area (Å²) in [6.45, 7) is -3.38. The summed E-state index contributed by atoms with van der Waals surface area (Å²) >= 11 is 0. The second kappa shape index (κ2) is 5.63. The zero-order chi connectivity index (χ0) is 14.6. The molecule has 0 fully saturated rings. The number of ether oxygens (including phenoxy) is 2. The highest BCUT2D eigenvalue weighted by Crippen LogP contribution is 2.31. The van der Waals surface area contributed by atoms with Crippen molar-refractivity contribution in [2.45, 2.75) is 13.0 Å². The summed E-state index contributed by atoms with van der Waals surface area (Å²) < 4.78 is 67.4. The standard InChI is InChI=1S/C10H5F5O4/c11-9(12)18-8-2-6(19-10(13,14)15)1-5(3-16)7(8)4-17/h1-4,9H. The van der Waals surface area contributed by atoms with Crippen LogP contribution in [0.1, 0.15) is 20.7 Å². The van der Waals surface area contributed by atoms with E-state index in [0.29, 0.717) is 12.1 Å². The summed E-state index contributed by atoms with van der Waals surface area (Å²) in [5, 5.41) is 0. The van der Waals surface area contributed by atoms with Crippen LogP contribution >= 0.6 is 0 Å². The van der Waals surface area contributed by atoms with Crippen LogP contribution in [-0.4, -0.2) is 25.5 Å². The number of hydrogen-bond acceptors (Lipinski definition) is 4. The van der Waals surface area contributed by atoms with Gasteiger partial charge in [0.25, 0.3) is 0 Å². The fourth-order valence-electron chi connectivity index (χ4n) is 1.23. The lowest BCUT2D eigenvalue weighted by atomic mass is 10.1. The number of rotatable bonds is 5. The van der Waals surface area contributed by atoms with E-state index in [4.69, 9.17) is 0 Å². The van der Waals surface area contributed by atoms with E-state index in [9.17, 15) is 31.5 Å². The molecule has 1 rings (SSSR count). The van der Waals surface area contributed by atoms with Crippen LogP contribution in [-0.2, 0) is 0 Å². The van der Waals surface area contributed by atoms with E-state index in [2.05, 4.69) is 9.47 Å². The van der Waals surface area contributed by atoms with Crippen LogP contribution in [0.25, 0.3) is 0 Å². The highest BCUT2D eigenvalue weighted by atomic mass is 19.4. The van der Waals surface area contributed by atoms with E-state index in [1.54, 1.807) is 0 Å². The monoisotopic (exact) mass is 284 g/mol. The Bertz CT molecular complexity index is 484. The van der Waals surface area contributed by atoms with Gasteiger partial charge in [0, 0.05) is 11.6 Å². The lowest BCUT2D eigenvalue weighted by molar-refractivity contribution is -0.274. The highest BCUT2D eigenvalue weighted by Gasteiger charge is 2.32.